The monoisotopic (exact) mass is 232 g/mol. The second kappa shape index (κ2) is 8.87. The van der Waals surface area contributed by atoms with Crippen LogP contribution in [0.5, 0.6) is 0 Å². The van der Waals surface area contributed by atoms with E-state index in [1.165, 1.54) is 7.11 Å². The molecule has 92 valence electrons. The average molecular weight is 232 g/mol. The van der Waals surface area contributed by atoms with Gasteiger partial charge in [-0.2, -0.15) is 0 Å². The fraction of sp³-hybridized carbons (Fsp3) is 0.600. The number of hydrogen-bond donors (Lipinski definition) is 0. The Hall–Kier alpha value is -1.40. The van der Waals surface area contributed by atoms with Crippen molar-refractivity contribution in [3.63, 3.8) is 0 Å². The molecule has 0 rings (SSSR count). The molecule has 0 aliphatic heterocycles. The molecule has 0 aliphatic carbocycles. The van der Waals surface area contributed by atoms with Gasteiger partial charge in [-0.15, -0.1) is 0 Å². The lowest BCUT2D eigenvalue weighted by atomic mass is 10.6. The molecule has 0 spiro atoms. The van der Waals surface area contributed by atoms with Crippen LogP contribution in [0.15, 0.2) is 12.7 Å². The first-order chi connectivity index (χ1) is 7.60. The van der Waals surface area contributed by atoms with Gasteiger partial charge in [0.05, 0.1) is 6.61 Å². The second-order valence-electron chi connectivity index (χ2n) is 2.72. The summed E-state index contributed by atoms with van der Waals surface area (Å²) in [7, 11) is 1.42. The zero-order valence-corrected chi connectivity index (χ0v) is 9.43. The number of esters is 2. The van der Waals surface area contributed by atoms with E-state index in [9.17, 15) is 9.59 Å². The number of methoxy groups -OCH3 is 1. The molecule has 0 aromatic carbocycles. The Bertz CT molecular complexity index is 237. The second-order valence-corrected chi connectivity index (χ2v) is 2.72. The van der Waals surface area contributed by atoms with Crippen LogP contribution in [-0.2, 0) is 28.5 Å². The van der Waals surface area contributed by atoms with E-state index in [0.29, 0.717) is 0 Å². The zero-order valence-electron chi connectivity index (χ0n) is 9.43. The van der Waals surface area contributed by atoms with Crippen LogP contribution in [0.1, 0.15) is 6.92 Å². The van der Waals surface area contributed by atoms with Crippen LogP contribution in [0.25, 0.3) is 0 Å². The van der Waals surface area contributed by atoms with Crippen LogP contribution >= 0.6 is 0 Å². The molecule has 0 aromatic rings. The van der Waals surface area contributed by atoms with Gasteiger partial charge in [-0.1, -0.05) is 6.58 Å². The summed E-state index contributed by atoms with van der Waals surface area (Å²) in [4.78, 5) is 21.6. The molecule has 1 atom stereocenters. The van der Waals surface area contributed by atoms with E-state index in [1.807, 2.05) is 0 Å². The maximum absolute atomic E-state index is 11.0. The third-order valence-corrected chi connectivity index (χ3v) is 1.49. The van der Waals surface area contributed by atoms with E-state index in [1.54, 1.807) is 6.92 Å². The smallest absolute Gasteiger partial charge is 0.334 e. The molecule has 0 aromatic heterocycles. The molecule has 6 heteroatoms. The molecule has 1 unspecified atom stereocenters. The summed E-state index contributed by atoms with van der Waals surface area (Å²) in [5, 5.41) is 0. The number of hydrogen-bond acceptors (Lipinski definition) is 6. The lowest BCUT2D eigenvalue weighted by Gasteiger charge is -2.10. The minimum absolute atomic E-state index is 0.0674. The topological polar surface area (TPSA) is 71.1 Å². The van der Waals surface area contributed by atoms with Gasteiger partial charge in [0.15, 0.2) is 6.29 Å². The van der Waals surface area contributed by atoms with Crippen molar-refractivity contribution in [3.05, 3.63) is 12.7 Å². The molecular formula is C10H16O6. The Morgan fingerprint density at radius 2 is 2.06 bits per heavy atom. The lowest BCUT2D eigenvalue weighted by molar-refractivity contribution is -0.175. The van der Waals surface area contributed by atoms with Crippen LogP contribution in [0, 0.1) is 0 Å². The molecule has 6 nitrogen and oxygen atoms in total. The summed E-state index contributed by atoms with van der Waals surface area (Å²) in [5.41, 5.74) is 0. The summed E-state index contributed by atoms with van der Waals surface area (Å²) >= 11 is 0. The Kier molecular flexibility index (Phi) is 8.10. The van der Waals surface area contributed by atoms with Gasteiger partial charge in [0.25, 0.3) is 0 Å². The molecule has 0 heterocycles. The normalized spacial score (nSPS) is 11.6. The highest BCUT2D eigenvalue weighted by Crippen LogP contribution is 1.92. The quantitative estimate of drug-likeness (QED) is 0.259. The predicted molar refractivity (Wildman–Crippen MR) is 54.5 cm³/mol. The minimum Gasteiger partial charge on any atom is -0.460 e. The van der Waals surface area contributed by atoms with Gasteiger partial charge in [-0.25, -0.2) is 9.59 Å². The number of rotatable bonds is 8. The van der Waals surface area contributed by atoms with Gasteiger partial charge >= 0.3 is 11.9 Å². The average Bonchev–Trinajstić information content (AvgIpc) is 2.27. The molecule has 0 aliphatic rings. The van der Waals surface area contributed by atoms with E-state index < -0.39 is 18.2 Å². The Labute approximate surface area is 94.1 Å². The zero-order chi connectivity index (χ0) is 12.4. The van der Waals surface area contributed by atoms with Gasteiger partial charge in [-0.05, 0) is 6.92 Å². The fourth-order valence-corrected chi connectivity index (χ4v) is 0.683. The first-order valence-corrected chi connectivity index (χ1v) is 4.69. The summed E-state index contributed by atoms with van der Waals surface area (Å²) < 4.78 is 19.0. The van der Waals surface area contributed by atoms with Crippen molar-refractivity contribution in [1.82, 2.24) is 0 Å². The maximum Gasteiger partial charge on any atom is 0.334 e. The van der Waals surface area contributed by atoms with Gasteiger partial charge in [0, 0.05) is 13.2 Å². The molecule has 0 N–H and O–H groups in total. The summed E-state index contributed by atoms with van der Waals surface area (Å²) in [5.74, 6) is -1.07. The first kappa shape index (κ1) is 14.6. The van der Waals surface area contributed by atoms with Gasteiger partial charge in [-0.3, -0.25) is 0 Å². The molecule has 0 fully saturated rings. The van der Waals surface area contributed by atoms with Crippen LogP contribution in [-0.4, -0.2) is 45.2 Å². The molecule has 0 amide bonds. The molecular weight excluding hydrogens is 216 g/mol. The van der Waals surface area contributed by atoms with Crippen LogP contribution in [0.2, 0.25) is 0 Å². The number of carbonyl (C=O) groups excluding carboxylic acids is 2. The highest BCUT2D eigenvalue weighted by Gasteiger charge is 2.07. The van der Waals surface area contributed by atoms with Gasteiger partial charge in [0.1, 0.15) is 13.2 Å². The van der Waals surface area contributed by atoms with Crippen molar-refractivity contribution < 1.29 is 28.5 Å². The highest BCUT2D eigenvalue weighted by atomic mass is 16.7. The van der Waals surface area contributed by atoms with Gasteiger partial charge in [0.2, 0.25) is 0 Å². The van der Waals surface area contributed by atoms with Crippen molar-refractivity contribution in [2.45, 2.75) is 13.2 Å². The van der Waals surface area contributed by atoms with Crippen LogP contribution < -0.4 is 0 Å². The maximum atomic E-state index is 11.0. The Morgan fingerprint density at radius 1 is 1.38 bits per heavy atom. The SMILES string of the molecule is C=CC(=O)OCCOCC(=O)OC(C)OC. The van der Waals surface area contributed by atoms with Gasteiger partial charge < -0.3 is 18.9 Å². The lowest BCUT2D eigenvalue weighted by Crippen LogP contribution is -2.21. The van der Waals surface area contributed by atoms with Crippen LogP contribution in [0.4, 0.5) is 0 Å². The highest BCUT2D eigenvalue weighted by molar-refractivity contribution is 5.81. The third-order valence-electron chi connectivity index (χ3n) is 1.49. The Morgan fingerprint density at radius 3 is 2.62 bits per heavy atom. The molecule has 16 heavy (non-hydrogen) atoms. The minimum atomic E-state index is -0.602. The summed E-state index contributed by atoms with van der Waals surface area (Å²) in [6.07, 6.45) is 0.448. The first-order valence-electron chi connectivity index (χ1n) is 4.69. The fourth-order valence-electron chi connectivity index (χ4n) is 0.683. The molecule has 0 bridgehead atoms. The van der Waals surface area contributed by atoms with E-state index in [0.717, 1.165) is 6.08 Å². The van der Waals surface area contributed by atoms with Crippen molar-refractivity contribution >= 4 is 11.9 Å². The van der Waals surface area contributed by atoms with Crippen LogP contribution in [0.3, 0.4) is 0 Å². The van der Waals surface area contributed by atoms with E-state index in [2.05, 4.69) is 11.3 Å². The molecule has 0 saturated carbocycles. The van der Waals surface area contributed by atoms with Crippen molar-refractivity contribution in [2.75, 3.05) is 26.9 Å². The van der Waals surface area contributed by atoms with E-state index in [4.69, 9.17) is 14.2 Å². The van der Waals surface area contributed by atoms with E-state index >= 15 is 0 Å². The standard InChI is InChI=1S/C10H16O6/c1-4-9(11)15-6-5-14-7-10(12)16-8(2)13-3/h4,8H,1,5-7H2,2-3H3. The third kappa shape index (κ3) is 7.95. The van der Waals surface area contributed by atoms with Crippen molar-refractivity contribution in [1.29, 1.82) is 0 Å². The van der Waals surface area contributed by atoms with Crippen molar-refractivity contribution in [2.24, 2.45) is 0 Å². The number of carbonyl (C=O) groups is 2. The Balaban J connectivity index is 3.41. The van der Waals surface area contributed by atoms with E-state index in [-0.39, 0.29) is 19.8 Å². The predicted octanol–water partition coefficient (Wildman–Crippen LogP) is 0.268. The number of ether oxygens (including phenoxy) is 4. The largest absolute Gasteiger partial charge is 0.460 e. The molecule has 0 saturated heterocycles. The van der Waals surface area contributed by atoms with Crippen molar-refractivity contribution in [3.8, 4) is 0 Å². The summed E-state index contributed by atoms with van der Waals surface area (Å²) in [6, 6.07) is 0. The molecule has 0 radical (unpaired) electrons. The summed E-state index contributed by atoms with van der Waals surface area (Å²) in [6.45, 7) is 4.79.